The average molecular weight is 634 g/mol. The minimum atomic E-state index is 0.973. The molecule has 0 N–H and O–H groups in total. The first-order valence-electron chi connectivity index (χ1n) is 17.2. The number of rotatable bonds is 5. The van der Waals surface area contributed by atoms with E-state index in [1.54, 1.807) is 0 Å². The highest BCUT2D eigenvalue weighted by Crippen LogP contribution is 2.58. The first-order chi connectivity index (χ1) is 24.8. The molecule has 0 saturated heterocycles. The van der Waals surface area contributed by atoms with E-state index in [0.29, 0.717) is 0 Å². The first kappa shape index (κ1) is 28.4. The second-order valence-electron chi connectivity index (χ2n) is 13.0. The molecule has 0 fully saturated rings. The Bertz CT molecular complexity index is 2710. The molecule has 0 unspecified atom stereocenters. The van der Waals surface area contributed by atoms with Gasteiger partial charge in [0.05, 0.1) is 11.4 Å². The van der Waals surface area contributed by atoms with Crippen molar-refractivity contribution in [1.82, 2.24) is 4.98 Å². The molecule has 0 atom stereocenters. The molecule has 0 bridgehead atoms. The first-order valence-corrected chi connectivity index (χ1v) is 17.2. The summed E-state index contributed by atoms with van der Waals surface area (Å²) in [5.74, 6) is 0. The summed E-state index contributed by atoms with van der Waals surface area (Å²) in [4.78, 5) is 5.04. The van der Waals surface area contributed by atoms with Crippen molar-refractivity contribution in [2.45, 2.75) is 0 Å². The summed E-state index contributed by atoms with van der Waals surface area (Å²) in [6.07, 6.45) is 0. The van der Waals surface area contributed by atoms with Crippen LogP contribution in [-0.2, 0) is 0 Å². The van der Waals surface area contributed by atoms with Crippen LogP contribution in [0.15, 0.2) is 188 Å². The van der Waals surface area contributed by atoms with Crippen LogP contribution in [0.2, 0.25) is 0 Å². The van der Waals surface area contributed by atoms with E-state index in [1.165, 1.54) is 77.2 Å². The summed E-state index contributed by atoms with van der Waals surface area (Å²) < 4.78 is 0. The van der Waals surface area contributed by atoms with Crippen molar-refractivity contribution in [3.63, 3.8) is 0 Å². The van der Waals surface area contributed by atoms with Crippen molar-refractivity contribution in [3.8, 4) is 78.1 Å². The zero-order valence-electron chi connectivity index (χ0n) is 27.3. The van der Waals surface area contributed by atoms with Crippen LogP contribution in [0, 0.1) is 0 Å². The monoisotopic (exact) mass is 633 g/mol. The van der Waals surface area contributed by atoms with E-state index in [-0.39, 0.29) is 0 Å². The topological polar surface area (TPSA) is 12.9 Å². The van der Waals surface area contributed by atoms with Crippen LogP contribution in [0.25, 0.3) is 99.7 Å². The highest BCUT2D eigenvalue weighted by atomic mass is 14.7. The van der Waals surface area contributed by atoms with E-state index < -0.39 is 0 Å². The van der Waals surface area contributed by atoms with Crippen molar-refractivity contribution in [1.29, 1.82) is 0 Å². The van der Waals surface area contributed by atoms with Gasteiger partial charge in [-0.3, -0.25) is 0 Å². The Kier molecular flexibility index (Phi) is 6.57. The lowest BCUT2D eigenvalue weighted by Gasteiger charge is -2.18. The largest absolute Gasteiger partial charge is 0.248 e. The Morgan fingerprint density at radius 2 is 0.700 bits per heavy atom. The Labute approximate surface area is 291 Å². The number of pyridine rings is 1. The van der Waals surface area contributed by atoms with Crippen LogP contribution >= 0.6 is 0 Å². The van der Waals surface area contributed by atoms with E-state index in [2.05, 4.69) is 182 Å². The van der Waals surface area contributed by atoms with E-state index in [9.17, 15) is 0 Å². The van der Waals surface area contributed by atoms with Crippen LogP contribution in [0.4, 0.5) is 0 Å². The summed E-state index contributed by atoms with van der Waals surface area (Å²) in [5.41, 5.74) is 16.9. The van der Waals surface area contributed by atoms with E-state index in [0.717, 1.165) is 22.5 Å². The molecule has 0 radical (unpaired) electrons. The number of fused-ring (bicyclic) bond motifs is 5. The lowest BCUT2D eigenvalue weighted by molar-refractivity contribution is 1.32. The van der Waals surface area contributed by atoms with Crippen molar-refractivity contribution in [2.75, 3.05) is 0 Å². The van der Waals surface area contributed by atoms with Crippen molar-refractivity contribution >= 4 is 21.5 Å². The van der Waals surface area contributed by atoms with Gasteiger partial charge in [-0.2, -0.15) is 0 Å². The molecular weight excluding hydrogens is 603 g/mol. The zero-order valence-corrected chi connectivity index (χ0v) is 27.3. The average Bonchev–Trinajstić information content (AvgIpc) is 3.55. The Hall–Kier alpha value is -6.57. The highest BCUT2D eigenvalue weighted by molar-refractivity contribution is 6.31. The van der Waals surface area contributed by atoms with Crippen molar-refractivity contribution in [2.24, 2.45) is 0 Å². The smallest absolute Gasteiger partial charge is 0.0709 e. The number of nitrogens with zero attached hydrogens (tertiary/aromatic N) is 1. The summed E-state index contributed by atoms with van der Waals surface area (Å²) in [7, 11) is 0. The quantitative estimate of drug-likeness (QED) is 0.172. The van der Waals surface area contributed by atoms with Gasteiger partial charge in [0.25, 0.3) is 0 Å². The molecule has 1 nitrogen and oxygen atoms in total. The molecule has 0 aliphatic heterocycles. The lowest BCUT2D eigenvalue weighted by atomic mass is 9.85. The Balaban J connectivity index is 1.21. The van der Waals surface area contributed by atoms with Gasteiger partial charge in [-0.25, -0.2) is 4.98 Å². The van der Waals surface area contributed by atoms with Crippen molar-refractivity contribution in [3.05, 3.63) is 188 Å². The third-order valence-electron chi connectivity index (χ3n) is 10.2. The molecule has 50 heavy (non-hydrogen) atoms. The summed E-state index contributed by atoms with van der Waals surface area (Å²) in [6, 6.07) is 67.9. The van der Waals surface area contributed by atoms with Crippen molar-refractivity contribution < 1.29 is 0 Å². The Morgan fingerprint density at radius 3 is 1.32 bits per heavy atom. The molecule has 1 aliphatic carbocycles. The number of hydrogen-bond donors (Lipinski definition) is 0. The second kappa shape index (κ2) is 11.5. The van der Waals surface area contributed by atoms with Gasteiger partial charge in [-0.15, -0.1) is 0 Å². The normalized spacial score (nSPS) is 11.6. The van der Waals surface area contributed by atoms with Crippen LogP contribution in [0.5, 0.6) is 0 Å². The second-order valence-corrected chi connectivity index (χ2v) is 13.0. The fraction of sp³-hybridized carbons (Fsp3) is 0. The number of benzene rings is 8. The predicted octanol–water partition coefficient (Wildman–Crippen LogP) is 13.4. The zero-order chi connectivity index (χ0) is 33.0. The predicted molar refractivity (Wildman–Crippen MR) is 211 cm³/mol. The van der Waals surface area contributed by atoms with Gasteiger partial charge in [0, 0.05) is 11.1 Å². The van der Waals surface area contributed by atoms with Gasteiger partial charge in [0.1, 0.15) is 0 Å². The molecule has 8 aromatic carbocycles. The standard InChI is InChI=1S/C49H31N/c1-4-14-32(15-5-1)37-30-31-38(33-16-6-2-7-17-33)48-46(37)42-23-12-22-41-45(39-20-10-11-21-40(39)49(48)47(41)42)36-28-26-35(27-29-36)44-25-13-24-43(50-44)34-18-8-3-9-19-34/h1-31H. The van der Waals surface area contributed by atoms with Gasteiger partial charge < -0.3 is 0 Å². The molecule has 0 saturated carbocycles. The number of aromatic nitrogens is 1. The maximum Gasteiger partial charge on any atom is 0.0709 e. The third-order valence-corrected chi connectivity index (χ3v) is 10.2. The van der Waals surface area contributed by atoms with E-state index in [1.807, 2.05) is 6.07 Å². The summed E-state index contributed by atoms with van der Waals surface area (Å²) in [6.45, 7) is 0. The summed E-state index contributed by atoms with van der Waals surface area (Å²) in [5, 5.41) is 5.16. The molecule has 1 aliphatic rings. The molecule has 0 spiro atoms. The number of hydrogen-bond acceptors (Lipinski definition) is 1. The lowest BCUT2D eigenvalue weighted by Crippen LogP contribution is -1.91. The maximum absolute atomic E-state index is 5.04. The SMILES string of the molecule is c1ccc(-c2cccc(-c3ccc(-c4c5ccccc5c5c6c(cccc46)-c4c(-c6ccccc6)ccc(-c6ccccc6)c4-5)cc3)n2)cc1. The molecule has 232 valence electrons. The molecule has 1 aromatic heterocycles. The van der Waals surface area contributed by atoms with Crippen LogP contribution < -0.4 is 0 Å². The van der Waals surface area contributed by atoms with Gasteiger partial charge in [0.15, 0.2) is 0 Å². The fourth-order valence-corrected chi connectivity index (χ4v) is 8.04. The van der Waals surface area contributed by atoms with E-state index >= 15 is 0 Å². The molecule has 10 rings (SSSR count). The molecule has 1 heteroatoms. The van der Waals surface area contributed by atoms with Crippen LogP contribution in [0.3, 0.4) is 0 Å². The third kappa shape index (κ3) is 4.45. The van der Waals surface area contributed by atoms with Gasteiger partial charge in [-0.05, 0) is 89.3 Å². The van der Waals surface area contributed by atoms with Crippen LogP contribution in [0.1, 0.15) is 0 Å². The molecule has 1 heterocycles. The van der Waals surface area contributed by atoms with Gasteiger partial charge >= 0.3 is 0 Å². The molecule has 0 amide bonds. The minimum Gasteiger partial charge on any atom is -0.248 e. The summed E-state index contributed by atoms with van der Waals surface area (Å²) >= 11 is 0. The molecular formula is C49H31N. The van der Waals surface area contributed by atoms with Gasteiger partial charge in [0.2, 0.25) is 0 Å². The van der Waals surface area contributed by atoms with E-state index in [4.69, 9.17) is 4.98 Å². The van der Waals surface area contributed by atoms with Gasteiger partial charge in [-0.1, -0.05) is 176 Å². The highest BCUT2D eigenvalue weighted by Gasteiger charge is 2.31. The maximum atomic E-state index is 5.04. The Morgan fingerprint density at radius 1 is 0.240 bits per heavy atom. The molecule has 9 aromatic rings. The fourth-order valence-electron chi connectivity index (χ4n) is 8.04. The minimum absolute atomic E-state index is 0.973. The van der Waals surface area contributed by atoms with Crippen LogP contribution in [-0.4, -0.2) is 4.98 Å².